The number of carbonyl (C=O) groups excluding carboxylic acids is 3. The molecule has 0 bridgehead atoms. The predicted octanol–water partition coefficient (Wildman–Crippen LogP) is 5.26. The summed E-state index contributed by atoms with van der Waals surface area (Å²) in [6.45, 7) is 0. The highest BCUT2D eigenvalue weighted by Crippen LogP contribution is 2.37. The van der Waals surface area contributed by atoms with Gasteiger partial charge in [-0.25, -0.2) is 9.69 Å². The van der Waals surface area contributed by atoms with Gasteiger partial charge >= 0.3 is 5.97 Å². The van der Waals surface area contributed by atoms with Gasteiger partial charge in [0.1, 0.15) is 17.1 Å². The Hall–Kier alpha value is -5.70. The maximum atomic E-state index is 14.5. The van der Waals surface area contributed by atoms with Crippen molar-refractivity contribution in [1.29, 1.82) is 0 Å². The second kappa shape index (κ2) is 11.8. The van der Waals surface area contributed by atoms with Crippen molar-refractivity contribution in [3.63, 3.8) is 0 Å². The lowest BCUT2D eigenvalue weighted by molar-refractivity contribution is 0.0734. The summed E-state index contributed by atoms with van der Waals surface area (Å²) in [5.74, 6) is -2.02. The number of benzene rings is 4. The van der Waals surface area contributed by atoms with Crippen LogP contribution >= 0.6 is 0 Å². The van der Waals surface area contributed by atoms with Gasteiger partial charge in [0.25, 0.3) is 17.4 Å². The van der Waals surface area contributed by atoms with Crippen LogP contribution in [0.25, 0.3) is 10.9 Å². The van der Waals surface area contributed by atoms with Crippen molar-refractivity contribution in [2.75, 3.05) is 19.1 Å². The molecule has 42 heavy (non-hydrogen) atoms. The number of pyridine rings is 1. The van der Waals surface area contributed by atoms with Crippen molar-refractivity contribution in [3.05, 3.63) is 130 Å². The molecule has 210 valence electrons. The highest BCUT2D eigenvalue weighted by Gasteiger charge is 2.34. The van der Waals surface area contributed by atoms with Gasteiger partial charge in [0.2, 0.25) is 0 Å². The van der Waals surface area contributed by atoms with Gasteiger partial charge in [-0.3, -0.25) is 14.4 Å². The van der Waals surface area contributed by atoms with E-state index in [2.05, 4.69) is 0 Å². The van der Waals surface area contributed by atoms with Gasteiger partial charge in [0.05, 0.1) is 36.4 Å². The average Bonchev–Trinajstić information content (AvgIpc) is 3.04. The lowest BCUT2D eigenvalue weighted by Crippen LogP contribution is -2.41. The number of aryl methyl sites for hydroxylation is 1. The van der Waals surface area contributed by atoms with E-state index in [9.17, 15) is 19.2 Å². The normalized spacial score (nSPS) is 10.6. The molecule has 4 aromatic carbocycles. The number of hydrogen-bond donors (Lipinski definition) is 0. The fourth-order valence-electron chi connectivity index (χ4n) is 4.59. The van der Waals surface area contributed by atoms with Crippen LogP contribution in [0.5, 0.6) is 17.2 Å². The number of fused-ring (bicyclic) bond motifs is 1. The molecule has 0 atom stereocenters. The molecule has 0 saturated carbocycles. The summed E-state index contributed by atoms with van der Waals surface area (Å²) in [6, 6.07) is 27.5. The van der Waals surface area contributed by atoms with E-state index in [1.807, 2.05) is 0 Å². The predicted molar refractivity (Wildman–Crippen MR) is 158 cm³/mol. The molecular weight excluding hydrogens is 536 g/mol. The van der Waals surface area contributed by atoms with E-state index < -0.39 is 28.9 Å². The second-order valence-corrected chi connectivity index (χ2v) is 9.19. The molecule has 0 spiro atoms. The lowest BCUT2D eigenvalue weighted by atomic mass is 10.1. The fourth-order valence-corrected chi connectivity index (χ4v) is 4.59. The van der Waals surface area contributed by atoms with Crippen molar-refractivity contribution in [3.8, 4) is 17.2 Å². The molecular formula is C33H26N2O7. The molecule has 1 heterocycles. The number of carbonyl (C=O) groups is 3. The Morgan fingerprint density at radius 2 is 1.31 bits per heavy atom. The summed E-state index contributed by atoms with van der Waals surface area (Å²) in [4.78, 5) is 56.5. The van der Waals surface area contributed by atoms with E-state index in [1.165, 1.54) is 38.0 Å². The van der Waals surface area contributed by atoms with E-state index in [4.69, 9.17) is 14.2 Å². The third kappa shape index (κ3) is 5.11. The number of ether oxygens (including phenoxy) is 3. The standard InChI is InChI=1S/C33H26N2O7/c1-34-25-15-10-16-26(41-3)27(25)29(42-33(39)22-13-8-5-9-14-22)28(31(34)37)32(38)35(23-17-19-24(40-2)20-18-23)30(36)21-11-6-4-7-12-21/h4-20H,1-3H3. The maximum Gasteiger partial charge on any atom is 0.343 e. The van der Waals surface area contributed by atoms with Gasteiger partial charge in [-0.2, -0.15) is 0 Å². The van der Waals surface area contributed by atoms with Crippen molar-refractivity contribution in [1.82, 2.24) is 4.57 Å². The number of esters is 1. The minimum Gasteiger partial charge on any atom is -0.497 e. The second-order valence-electron chi connectivity index (χ2n) is 9.19. The van der Waals surface area contributed by atoms with Crippen LogP contribution in [-0.2, 0) is 7.05 Å². The van der Waals surface area contributed by atoms with Crippen LogP contribution < -0.4 is 24.7 Å². The molecule has 0 fully saturated rings. The number of imide groups is 1. The smallest absolute Gasteiger partial charge is 0.343 e. The van der Waals surface area contributed by atoms with Crippen molar-refractivity contribution >= 4 is 34.4 Å². The van der Waals surface area contributed by atoms with Gasteiger partial charge in [0.15, 0.2) is 5.75 Å². The van der Waals surface area contributed by atoms with Gasteiger partial charge in [0, 0.05) is 12.6 Å². The summed E-state index contributed by atoms with van der Waals surface area (Å²) in [7, 11) is 4.40. The Balaban J connectivity index is 1.78. The Morgan fingerprint density at radius 3 is 1.90 bits per heavy atom. The number of methoxy groups -OCH3 is 2. The average molecular weight is 563 g/mol. The van der Waals surface area contributed by atoms with Crippen molar-refractivity contribution in [2.24, 2.45) is 7.05 Å². The minimum atomic E-state index is -0.988. The Bertz CT molecular complexity index is 1850. The Morgan fingerprint density at radius 1 is 0.690 bits per heavy atom. The van der Waals surface area contributed by atoms with Gasteiger partial charge in [-0.05, 0) is 60.7 Å². The minimum absolute atomic E-state index is 0.178. The molecule has 0 N–H and O–H groups in total. The first kappa shape index (κ1) is 27.9. The zero-order chi connectivity index (χ0) is 29.8. The number of rotatable bonds is 7. The first-order chi connectivity index (χ1) is 20.3. The van der Waals surface area contributed by atoms with Gasteiger partial charge in [-0.1, -0.05) is 42.5 Å². The lowest BCUT2D eigenvalue weighted by Gasteiger charge is -2.23. The first-order valence-electron chi connectivity index (χ1n) is 12.9. The zero-order valence-electron chi connectivity index (χ0n) is 23.1. The van der Waals surface area contributed by atoms with Crippen molar-refractivity contribution < 1.29 is 28.6 Å². The van der Waals surface area contributed by atoms with E-state index in [1.54, 1.807) is 91.0 Å². The van der Waals surface area contributed by atoms with Crippen LogP contribution in [0.3, 0.4) is 0 Å². The maximum absolute atomic E-state index is 14.5. The van der Waals surface area contributed by atoms with Crippen LogP contribution in [-0.4, -0.2) is 36.6 Å². The molecule has 0 aliphatic carbocycles. The highest BCUT2D eigenvalue weighted by molar-refractivity contribution is 6.27. The largest absolute Gasteiger partial charge is 0.497 e. The third-order valence-corrected chi connectivity index (χ3v) is 6.73. The number of amides is 2. The van der Waals surface area contributed by atoms with E-state index in [0.29, 0.717) is 11.3 Å². The third-order valence-electron chi connectivity index (χ3n) is 6.73. The van der Waals surface area contributed by atoms with E-state index in [-0.39, 0.29) is 33.7 Å². The molecule has 0 radical (unpaired) electrons. The molecule has 9 heteroatoms. The van der Waals surface area contributed by atoms with E-state index >= 15 is 0 Å². The van der Waals surface area contributed by atoms with Crippen LogP contribution in [0.4, 0.5) is 5.69 Å². The number of nitrogens with zero attached hydrogens (tertiary/aromatic N) is 2. The Kier molecular flexibility index (Phi) is 7.83. The van der Waals surface area contributed by atoms with Crippen LogP contribution in [0, 0.1) is 0 Å². The quantitative estimate of drug-likeness (QED) is 0.197. The fraction of sp³-hybridized carbons (Fsp3) is 0.0909. The molecule has 9 nitrogen and oxygen atoms in total. The topological polar surface area (TPSA) is 104 Å². The molecule has 5 rings (SSSR count). The summed E-state index contributed by atoms with van der Waals surface area (Å²) in [5, 5.41) is 0.219. The summed E-state index contributed by atoms with van der Waals surface area (Å²) < 4.78 is 17.9. The number of hydrogen-bond acceptors (Lipinski definition) is 7. The molecule has 1 aromatic heterocycles. The molecule has 0 unspecified atom stereocenters. The monoisotopic (exact) mass is 562 g/mol. The summed E-state index contributed by atoms with van der Waals surface area (Å²) in [6.07, 6.45) is 0. The SMILES string of the molecule is COc1ccc(N(C(=O)c2ccccc2)C(=O)c2c(OC(=O)c3ccccc3)c3c(OC)cccc3n(C)c2=O)cc1. The number of aromatic nitrogens is 1. The molecule has 5 aromatic rings. The van der Waals surface area contributed by atoms with Crippen LogP contribution in [0.2, 0.25) is 0 Å². The summed E-state index contributed by atoms with van der Waals surface area (Å²) >= 11 is 0. The van der Waals surface area contributed by atoms with Gasteiger partial charge in [-0.15, -0.1) is 0 Å². The highest BCUT2D eigenvalue weighted by atomic mass is 16.5. The number of anilines is 1. The van der Waals surface area contributed by atoms with Gasteiger partial charge < -0.3 is 18.8 Å². The first-order valence-corrected chi connectivity index (χ1v) is 12.9. The molecule has 0 saturated heterocycles. The molecule has 2 amide bonds. The van der Waals surface area contributed by atoms with E-state index in [0.717, 1.165) is 4.90 Å². The van der Waals surface area contributed by atoms with Crippen LogP contribution in [0.15, 0.2) is 108 Å². The van der Waals surface area contributed by atoms with Crippen molar-refractivity contribution in [2.45, 2.75) is 0 Å². The van der Waals surface area contributed by atoms with Crippen LogP contribution in [0.1, 0.15) is 31.1 Å². The Labute approximate surface area is 241 Å². The summed E-state index contributed by atoms with van der Waals surface area (Å²) in [5.41, 5.74) is -0.337. The molecule has 0 aliphatic rings. The molecule has 0 aliphatic heterocycles. The zero-order valence-corrected chi connectivity index (χ0v) is 23.1.